The van der Waals surface area contributed by atoms with Crippen molar-refractivity contribution in [2.24, 2.45) is 0 Å². The number of halogens is 3. The van der Waals surface area contributed by atoms with Crippen molar-refractivity contribution < 1.29 is 18.0 Å². The Kier molecular flexibility index (Phi) is 5.77. The van der Waals surface area contributed by atoms with Crippen molar-refractivity contribution in [3.8, 4) is 0 Å². The minimum absolute atomic E-state index is 0.0535. The molecule has 0 bridgehead atoms. The average Bonchev–Trinajstić information content (AvgIpc) is 2.52. The Morgan fingerprint density at radius 1 is 1.12 bits per heavy atom. The number of anilines is 1. The zero-order valence-corrected chi connectivity index (χ0v) is 14.0. The lowest BCUT2D eigenvalue weighted by Gasteiger charge is -2.14. The quantitative estimate of drug-likeness (QED) is 0.813. The van der Waals surface area contributed by atoms with E-state index in [-0.39, 0.29) is 22.6 Å². The van der Waals surface area contributed by atoms with Crippen LogP contribution >= 0.6 is 11.8 Å². The number of thioether (sulfide) groups is 1. The molecule has 0 fully saturated rings. The maximum atomic E-state index is 12.3. The summed E-state index contributed by atoms with van der Waals surface area (Å²) in [6, 6.07) is 13.1. The second-order valence-electron chi connectivity index (χ2n) is 5.32. The summed E-state index contributed by atoms with van der Waals surface area (Å²) in [7, 11) is 3.86. The number of carbonyl (C=O) groups is 1. The van der Waals surface area contributed by atoms with E-state index in [1.54, 1.807) is 0 Å². The molecule has 0 aliphatic carbocycles. The molecule has 3 nitrogen and oxygen atoms in total. The van der Waals surface area contributed by atoms with Crippen LogP contribution in [0.3, 0.4) is 0 Å². The molecular formula is C17H17F3N2OS. The van der Waals surface area contributed by atoms with Crippen molar-refractivity contribution in [1.82, 2.24) is 5.32 Å². The van der Waals surface area contributed by atoms with E-state index in [9.17, 15) is 18.0 Å². The highest BCUT2D eigenvalue weighted by Gasteiger charge is 2.29. The topological polar surface area (TPSA) is 32.3 Å². The van der Waals surface area contributed by atoms with Crippen LogP contribution in [0.2, 0.25) is 0 Å². The molecule has 24 heavy (non-hydrogen) atoms. The fraction of sp³-hybridized carbons (Fsp3) is 0.235. The number of nitrogens with one attached hydrogen (secondary N) is 1. The average molecular weight is 354 g/mol. The highest BCUT2D eigenvalue weighted by molar-refractivity contribution is 8.00. The maximum absolute atomic E-state index is 12.3. The zero-order chi connectivity index (χ0) is 17.7. The largest absolute Gasteiger partial charge is 0.446 e. The third-order valence-electron chi connectivity index (χ3n) is 3.23. The van der Waals surface area contributed by atoms with E-state index in [0.717, 1.165) is 11.3 Å². The highest BCUT2D eigenvalue weighted by atomic mass is 32.2. The first-order valence-electron chi connectivity index (χ1n) is 7.15. The van der Waals surface area contributed by atoms with Crippen molar-refractivity contribution in [2.75, 3.05) is 19.0 Å². The second-order valence-corrected chi connectivity index (χ2v) is 6.46. The summed E-state index contributed by atoms with van der Waals surface area (Å²) in [5.41, 5.74) is -2.04. The van der Waals surface area contributed by atoms with E-state index in [1.165, 1.54) is 24.3 Å². The summed E-state index contributed by atoms with van der Waals surface area (Å²) in [4.78, 5) is 14.1. The van der Waals surface area contributed by atoms with Gasteiger partial charge in [0.1, 0.15) is 0 Å². The van der Waals surface area contributed by atoms with Gasteiger partial charge >= 0.3 is 5.51 Å². The van der Waals surface area contributed by atoms with Gasteiger partial charge in [-0.3, -0.25) is 4.79 Å². The third kappa shape index (κ3) is 5.49. The first-order chi connectivity index (χ1) is 11.2. The van der Waals surface area contributed by atoms with E-state index >= 15 is 0 Å². The van der Waals surface area contributed by atoms with Gasteiger partial charge in [-0.05, 0) is 53.7 Å². The van der Waals surface area contributed by atoms with E-state index < -0.39 is 5.51 Å². The van der Waals surface area contributed by atoms with Gasteiger partial charge in [-0.15, -0.1) is 0 Å². The predicted molar refractivity (Wildman–Crippen MR) is 90.3 cm³/mol. The Bertz CT molecular complexity index is 700. The number of amides is 1. The maximum Gasteiger partial charge on any atom is 0.446 e. The number of benzene rings is 2. The molecule has 1 N–H and O–H groups in total. The molecule has 7 heteroatoms. The van der Waals surface area contributed by atoms with E-state index in [1.807, 2.05) is 43.3 Å². The van der Waals surface area contributed by atoms with E-state index in [4.69, 9.17) is 0 Å². The summed E-state index contributed by atoms with van der Waals surface area (Å²) in [6.07, 6.45) is 0. The Balaban J connectivity index is 1.96. The Morgan fingerprint density at radius 2 is 1.79 bits per heavy atom. The SMILES string of the molecule is CN(C)c1cccc(CNC(=O)c2ccc(SC(F)(F)F)cc2)c1. The van der Waals surface area contributed by atoms with E-state index in [0.29, 0.717) is 12.1 Å². The van der Waals surface area contributed by atoms with Crippen molar-refractivity contribution in [3.05, 3.63) is 59.7 Å². The Hall–Kier alpha value is -2.15. The molecule has 0 aliphatic rings. The van der Waals surface area contributed by atoms with Crippen LogP contribution in [-0.4, -0.2) is 25.5 Å². The van der Waals surface area contributed by atoms with Crippen LogP contribution in [0, 0.1) is 0 Å². The molecule has 0 atom stereocenters. The molecule has 1 amide bonds. The van der Waals surface area contributed by atoms with Gasteiger partial charge < -0.3 is 10.2 Å². The molecular weight excluding hydrogens is 337 g/mol. The van der Waals surface area contributed by atoms with Gasteiger partial charge in [-0.1, -0.05) is 12.1 Å². The molecule has 2 aromatic rings. The molecule has 0 radical (unpaired) electrons. The first-order valence-corrected chi connectivity index (χ1v) is 7.96. The van der Waals surface area contributed by atoms with Gasteiger partial charge in [-0.25, -0.2) is 0 Å². The number of hydrogen-bond acceptors (Lipinski definition) is 3. The van der Waals surface area contributed by atoms with Gasteiger partial charge in [0.15, 0.2) is 0 Å². The molecule has 0 aliphatic heterocycles. The predicted octanol–water partition coefficient (Wildman–Crippen LogP) is 4.29. The smallest absolute Gasteiger partial charge is 0.378 e. The fourth-order valence-corrected chi connectivity index (χ4v) is 2.58. The van der Waals surface area contributed by atoms with Crippen LogP contribution in [0.5, 0.6) is 0 Å². The molecule has 2 rings (SSSR count). The molecule has 0 saturated carbocycles. The van der Waals surface area contributed by atoms with Crippen molar-refractivity contribution >= 4 is 23.4 Å². The Labute approximate surface area is 142 Å². The number of hydrogen-bond donors (Lipinski definition) is 1. The first kappa shape index (κ1) is 18.2. The molecule has 2 aromatic carbocycles. The number of rotatable bonds is 5. The summed E-state index contributed by atoms with van der Waals surface area (Å²) in [5, 5.41) is 2.76. The normalized spacial score (nSPS) is 11.2. The molecule has 0 saturated heterocycles. The van der Waals surface area contributed by atoms with Gasteiger partial charge in [-0.2, -0.15) is 13.2 Å². The van der Waals surface area contributed by atoms with Crippen LogP contribution in [0.15, 0.2) is 53.4 Å². The van der Waals surface area contributed by atoms with Crippen LogP contribution in [-0.2, 0) is 6.54 Å². The van der Waals surface area contributed by atoms with Crippen molar-refractivity contribution in [2.45, 2.75) is 16.9 Å². The second kappa shape index (κ2) is 7.61. The minimum atomic E-state index is -4.33. The number of alkyl halides is 3. The summed E-state index contributed by atoms with van der Waals surface area (Å²) in [6.45, 7) is 0.347. The van der Waals surface area contributed by atoms with Crippen LogP contribution in [0.25, 0.3) is 0 Å². The number of nitrogens with zero attached hydrogens (tertiary/aromatic N) is 1. The van der Waals surface area contributed by atoms with Gasteiger partial charge in [0, 0.05) is 36.8 Å². The minimum Gasteiger partial charge on any atom is -0.378 e. The Morgan fingerprint density at radius 3 is 2.38 bits per heavy atom. The van der Waals surface area contributed by atoms with Crippen molar-refractivity contribution in [1.29, 1.82) is 0 Å². The molecule has 0 aromatic heterocycles. The lowest BCUT2D eigenvalue weighted by Crippen LogP contribution is -2.22. The standard InChI is InChI=1S/C17H17F3N2OS/c1-22(2)14-5-3-4-12(10-14)11-21-16(23)13-6-8-15(9-7-13)24-17(18,19)20/h3-10H,11H2,1-2H3,(H,21,23). The van der Waals surface area contributed by atoms with Gasteiger partial charge in [0.25, 0.3) is 5.91 Å². The lowest BCUT2D eigenvalue weighted by atomic mass is 10.1. The summed E-state index contributed by atoms with van der Waals surface area (Å²) in [5.74, 6) is -0.325. The van der Waals surface area contributed by atoms with Crippen LogP contribution in [0.4, 0.5) is 18.9 Å². The monoisotopic (exact) mass is 354 g/mol. The van der Waals surface area contributed by atoms with Crippen molar-refractivity contribution in [3.63, 3.8) is 0 Å². The number of carbonyl (C=O) groups excluding carboxylic acids is 1. The molecule has 0 heterocycles. The molecule has 0 spiro atoms. The molecule has 0 unspecified atom stereocenters. The van der Waals surface area contributed by atoms with E-state index in [2.05, 4.69) is 5.32 Å². The van der Waals surface area contributed by atoms with Gasteiger partial charge in [0.05, 0.1) is 0 Å². The van der Waals surface area contributed by atoms with Crippen LogP contribution in [0.1, 0.15) is 15.9 Å². The summed E-state index contributed by atoms with van der Waals surface area (Å²) >= 11 is -0.201. The fourth-order valence-electron chi connectivity index (χ4n) is 2.04. The van der Waals surface area contributed by atoms with Gasteiger partial charge in [0.2, 0.25) is 0 Å². The highest BCUT2D eigenvalue weighted by Crippen LogP contribution is 2.36. The summed E-state index contributed by atoms with van der Waals surface area (Å²) < 4.78 is 36.8. The third-order valence-corrected chi connectivity index (χ3v) is 3.97. The zero-order valence-electron chi connectivity index (χ0n) is 13.2. The van der Waals surface area contributed by atoms with Crippen LogP contribution < -0.4 is 10.2 Å². The lowest BCUT2D eigenvalue weighted by molar-refractivity contribution is -0.0328. The molecule has 128 valence electrons.